The number of unbranched alkanes of at least 4 members (excludes halogenated alkanes) is 27. The van der Waals surface area contributed by atoms with Crippen LogP contribution in [0.3, 0.4) is 0 Å². The first-order chi connectivity index (χ1) is 21.8. The van der Waals surface area contributed by atoms with Gasteiger partial charge in [0, 0.05) is 0 Å². The lowest BCUT2D eigenvalue weighted by Gasteiger charge is -2.21. The summed E-state index contributed by atoms with van der Waals surface area (Å²) >= 11 is 0. The van der Waals surface area contributed by atoms with Crippen LogP contribution in [0, 0.1) is 5.92 Å². The average Bonchev–Trinajstić information content (AvgIpc) is 3.03. The Morgan fingerprint density at radius 2 is 0.500 bits per heavy atom. The average molecular weight is 620 g/mol. The molecule has 0 bridgehead atoms. The van der Waals surface area contributed by atoms with Crippen molar-refractivity contribution in [2.75, 3.05) is 19.6 Å². The van der Waals surface area contributed by atoms with E-state index in [4.69, 9.17) is 0 Å². The maximum absolute atomic E-state index is 2.79. The topological polar surface area (TPSA) is 3.24 Å². The molecular formula is C43H89N. The Hall–Kier alpha value is -0.0400. The molecule has 0 aliphatic carbocycles. The van der Waals surface area contributed by atoms with E-state index in [9.17, 15) is 0 Å². The SMILES string of the molecule is CCCCCCCCCCCCCCCCN(CCC)CCCCCCCC(CCCCCCCC)CCCCCCCC. The molecule has 44 heavy (non-hydrogen) atoms. The summed E-state index contributed by atoms with van der Waals surface area (Å²) in [6, 6.07) is 0. The Morgan fingerprint density at radius 3 is 0.773 bits per heavy atom. The summed E-state index contributed by atoms with van der Waals surface area (Å²) in [6.07, 6.45) is 51.2. The summed E-state index contributed by atoms with van der Waals surface area (Å²) in [7, 11) is 0. The summed E-state index contributed by atoms with van der Waals surface area (Å²) in [5.41, 5.74) is 0. The summed E-state index contributed by atoms with van der Waals surface area (Å²) < 4.78 is 0. The summed E-state index contributed by atoms with van der Waals surface area (Å²) in [6.45, 7) is 13.4. The fraction of sp³-hybridized carbons (Fsp3) is 1.00. The minimum absolute atomic E-state index is 1.03. The molecule has 266 valence electrons. The Balaban J connectivity index is 3.84. The first kappa shape index (κ1) is 44.0. The highest BCUT2D eigenvalue weighted by Gasteiger charge is 2.09. The molecule has 0 aromatic rings. The van der Waals surface area contributed by atoms with Crippen LogP contribution in [0.25, 0.3) is 0 Å². The van der Waals surface area contributed by atoms with E-state index in [1.807, 2.05) is 0 Å². The first-order valence-corrected chi connectivity index (χ1v) is 21.5. The van der Waals surface area contributed by atoms with Gasteiger partial charge < -0.3 is 4.90 Å². The Labute approximate surface area is 282 Å². The van der Waals surface area contributed by atoms with Crippen molar-refractivity contribution in [1.82, 2.24) is 4.90 Å². The van der Waals surface area contributed by atoms with Gasteiger partial charge in [0.15, 0.2) is 0 Å². The van der Waals surface area contributed by atoms with Gasteiger partial charge in [0.05, 0.1) is 0 Å². The van der Waals surface area contributed by atoms with Crippen LogP contribution >= 0.6 is 0 Å². The number of rotatable bonds is 39. The molecule has 1 heteroatoms. The van der Waals surface area contributed by atoms with E-state index in [0.29, 0.717) is 0 Å². The van der Waals surface area contributed by atoms with Crippen molar-refractivity contribution in [3.63, 3.8) is 0 Å². The van der Waals surface area contributed by atoms with Gasteiger partial charge in [-0.2, -0.15) is 0 Å². The van der Waals surface area contributed by atoms with Crippen LogP contribution in [0.1, 0.15) is 252 Å². The van der Waals surface area contributed by atoms with Gasteiger partial charge in [-0.05, 0) is 44.8 Å². The predicted octanol–water partition coefficient (Wildman–Crippen LogP) is 15.6. The van der Waals surface area contributed by atoms with Crippen LogP contribution in [0.15, 0.2) is 0 Å². The highest BCUT2D eigenvalue weighted by molar-refractivity contribution is 4.63. The lowest BCUT2D eigenvalue weighted by molar-refractivity contribution is 0.260. The third kappa shape index (κ3) is 34.8. The van der Waals surface area contributed by atoms with Crippen molar-refractivity contribution in [3.8, 4) is 0 Å². The molecule has 1 nitrogen and oxygen atoms in total. The van der Waals surface area contributed by atoms with Crippen molar-refractivity contribution < 1.29 is 0 Å². The third-order valence-electron chi connectivity index (χ3n) is 10.4. The Bertz CT molecular complexity index is 471. The molecule has 0 amide bonds. The largest absolute Gasteiger partial charge is 0.303 e. The highest BCUT2D eigenvalue weighted by Crippen LogP contribution is 2.25. The van der Waals surface area contributed by atoms with Crippen LogP contribution in [0.2, 0.25) is 0 Å². The van der Waals surface area contributed by atoms with Crippen LogP contribution < -0.4 is 0 Å². The first-order valence-electron chi connectivity index (χ1n) is 21.5. The molecule has 0 radical (unpaired) electrons. The molecular weight excluding hydrogens is 530 g/mol. The molecule has 0 atom stereocenters. The van der Waals surface area contributed by atoms with E-state index in [0.717, 1.165) is 5.92 Å². The minimum Gasteiger partial charge on any atom is -0.303 e. The van der Waals surface area contributed by atoms with Gasteiger partial charge in [-0.1, -0.05) is 233 Å². The van der Waals surface area contributed by atoms with Crippen LogP contribution in [0.5, 0.6) is 0 Å². The van der Waals surface area contributed by atoms with E-state index < -0.39 is 0 Å². The van der Waals surface area contributed by atoms with E-state index >= 15 is 0 Å². The van der Waals surface area contributed by atoms with Gasteiger partial charge >= 0.3 is 0 Å². The Kier molecular flexibility index (Phi) is 39.1. The van der Waals surface area contributed by atoms with Gasteiger partial charge in [-0.3, -0.25) is 0 Å². The number of nitrogens with zero attached hydrogens (tertiary/aromatic N) is 1. The van der Waals surface area contributed by atoms with Gasteiger partial charge in [-0.15, -0.1) is 0 Å². The fourth-order valence-electron chi connectivity index (χ4n) is 7.34. The van der Waals surface area contributed by atoms with Crippen molar-refractivity contribution in [1.29, 1.82) is 0 Å². The van der Waals surface area contributed by atoms with E-state index in [2.05, 4.69) is 32.6 Å². The Morgan fingerprint density at radius 1 is 0.250 bits per heavy atom. The molecule has 0 saturated carbocycles. The quantitative estimate of drug-likeness (QED) is 0.0619. The number of hydrogen-bond donors (Lipinski definition) is 0. The van der Waals surface area contributed by atoms with Gasteiger partial charge in [0.2, 0.25) is 0 Å². The second-order valence-corrected chi connectivity index (χ2v) is 15.0. The normalized spacial score (nSPS) is 11.9. The number of hydrogen-bond acceptors (Lipinski definition) is 1. The zero-order chi connectivity index (χ0) is 32.0. The van der Waals surface area contributed by atoms with Crippen molar-refractivity contribution in [3.05, 3.63) is 0 Å². The van der Waals surface area contributed by atoms with Crippen LogP contribution in [-0.2, 0) is 0 Å². The molecule has 0 heterocycles. The molecule has 0 aliphatic rings. The molecule has 0 saturated heterocycles. The summed E-state index contributed by atoms with van der Waals surface area (Å²) in [5.74, 6) is 1.03. The molecule has 0 aliphatic heterocycles. The molecule has 0 spiro atoms. The maximum atomic E-state index is 2.79. The summed E-state index contributed by atoms with van der Waals surface area (Å²) in [4.78, 5) is 2.79. The molecule has 0 rings (SSSR count). The maximum Gasteiger partial charge on any atom is -0.00187 e. The lowest BCUT2D eigenvalue weighted by Crippen LogP contribution is -2.27. The zero-order valence-electron chi connectivity index (χ0n) is 31.9. The van der Waals surface area contributed by atoms with Crippen LogP contribution in [-0.4, -0.2) is 24.5 Å². The van der Waals surface area contributed by atoms with E-state index in [-0.39, 0.29) is 0 Å². The second-order valence-electron chi connectivity index (χ2n) is 15.0. The second kappa shape index (κ2) is 39.1. The monoisotopic (exact) mass is 620 g/mol. The van der Waals surface area contributed by atoms with Crippen LogP contribution in [0.4, 0.5) is 0 Å². The third-order valence-corrected chi connectivity index (χ3v) is 10.4. The molecule has 0 aromatic heterocycles. The molecule has 0 N–H and O–H groups in total. The zero-order valence-corrected chi connectivity index (χ0v) is 31.9. The van der Waals surface area contributed by atoms with Gasteiger partial charge in [0.1, 0.15) is 0 Å². The molecule has 0 unspecified atom stereocenters. The van der Waals surface area contributed by atoms with Gasteiger partial charge in [0.25, 0.3) is 0 Å². The van der Waals surface area contributed by atoms with Crippen molar-refractivity contribution in [2.24, 2.45) is 5.92 Å². The molecule has 0 aromatic carbocycles. The highest BCUT2D eigenvalue weighted by atomic mass is 15.1. The van der Waals surface area contributed by atoms with E-state index in [1.54, 1.807) is 0 Å². The molecule has 0 fully saturated rings. The van der Waals surface area contributed by atoms with Gasteiger partial charge in [-0.25, -0.2) is 0 Å². The van der Waals surface area contributed by atoms with Crippen molar-refractivity contribution in [2.45, 2.75) is 252 Å². The van der Waals surface area contributed by atoms with Crippen molar-refractivity contribution >= 4 is 0 Å². The lowest BCUT2D eigenvalue weighted by atomic mass is 9.89. The van der Waals surface area contributed by atoms with E-state index in [1.165, 1.54) is 244 Å². The fourth-order valence-corrected chi connectivity index (χ4v) is 7.34. The predicted molar refractivity (Wildman–Crippen MR) is 204 cm³/mol. The summed E-state index contributed by atoms with van der Waals surface area (Å²) in [5, 5.41) is 0. The standard InChI is InChI=1S/C43H89N/c1-5-9-12-15-18-19-20-21-22-23-24-25-30-35-41-44(40-8-4)42-36-31-26-29-34-39-43(37-32-27-16-13-10-6-2)38-33-28-17-14-11-7-3/h43H,5-42H2,1-4H3. The minimum atomic E-state index is 1.03. The smallest absolute Gasteiger partial charge is 0.00187 e.